The van der Waals surface area contributed by atoms with Crippen molar-refractivity contribution in [2.75, 3.05) is 13.2 Å². The summed E-state index contributed by atoms with van der Waals surface area (Å²) in [6, 6.07) is 5.85. The highest BCUT2D eigenvalue weighted by Gasteiger charge is 2.18. The van der Waals surface area contributed by atoms with Gasteiger partial charge in [0.25, 0.3) is 0 Å². The van der Waals surface area contributed by atoms with E-state index < -0.39 is 5.97 Å². The molecule has 0 atom stereocenters. The summed E-state index contributed by atoms with van der Waals surface area (Å²) in [5, 5.41) is 8.93. The molecule has 1 aliphatic rings. The Bertz CT molecular complexity index is 912. The fourth-order valence-electron chi connectivity index (χ4n) is 2.77. The van der Waals surface area contributed by atoms with Crippen LogP contribution in [0.3, 0.4) is 0 Å². The summed E-state index contributed by atoms with van der Waals surface area (Å²) in [4.78, 5) is 17.2. The number of benzene rings is 1. The Morgan fingerprint density at radius 1 is 1.35 bits per heavy atom. The number of ether oxygens (including phenoxy) is 2. The van der Waals surface area contributed by atoms with Crippen molar-refractivity contribution in [1.82, 2.24) is 9.38 Å². The van der Waals surface area contributed by atoms with Crippen LogP contribution in [0.15, 0.2) is 24.4 Å². The predicted octanol–water partition coefficient (Wildman–Crippen LogP) is 2.77. The van der Waals surface area contributed by atoms with Crippen molar-refractivity contribution in [2.24, 2.45) is 0 Å². The molecule has 1 aliphatic heterocycles. The molecule has 4 rings (SSSR count). The molecule has 0 saturated heterocycles. The maximum Gasteiger partial charge on any atom is 0.309 e. The Morgan fingerprint density at radius 2 is 2.13 bits per heavy atom. The van der Waals surface area contributed by atoms with E-state index in [4.69, 9.17) is 14.6 Å². The number of rotatable bonds is 3. The maximum absolute atomic E-state index is 10.9. The molecule has 1 aromatic carbocycles. The molecule has 7 heteroatoms. The number of hydrogen-bond acceptors (Lipinski definition) is 5. The van der Waals surface area contributed by atoms with Crippen molar-refractivity contribution in [3.8, 4) is 22.8 Å². The Labute approximate surface area is 135 Å². The smallest absolute Gasteiger partial charge is 0.309 e. The maximum atomic E-state index is 10.9. The molecule has 0 saturated carbocycles. The van der Waals surface area contributed by atoms with E-state index in [-0.39, 0.29) is 6.42 Å². The molecule has 6 nitrogen and oxygen atoms in total. The van der Waals surface area contributed by atoms with Crippen molar-refractivity contribution in [1.29, 1.82) is 0 Å². The molecule has 0 bridgehead atoms. The number of imidazole rings is 1. The molecule has 0 amide bonds. The SMILES string of the molecule is Cc1sc2nc(CC(=O)O)cn2c1-c1ccc2c(c1)OCCO2. The Balaban J connectivity index is 1.82. The van der Waals surface area contributed by atoms with E-state index in [0.29, 0.717) is 18.9 Å². The van der Waals surface area contributed by atoms with Gasteiger partial charge in [-0.3, -0.25) is 9.20 Å². The molecule has 118 valence electrons. The molecule has 3 aromatic rings. The lowest BCUT2D eigenvalue weighted by molar-refractivity contribution is -0.136. The number of aryl methyl sites for hydroxylation is 1. The lowest BCUT2D eigenvalue weighted by atomic mass is 10.1. The molecule has 0 fully saturated rings. The fourth-order valence-corrected chi connectivity index (χ4v) is 3.76. The first-order chi connectivity index (χ1) is 11.1. The minimum absolute atomic E-state index is 0.0754. The highest BCUT2D eigenvalue weighted by atomic mass is 32.1. The second kappa shape index (κ2) is 5.27. The molecule has 3 heterocycles. The summed E-state index contributed by atoms with van der Waals surface area (Å²) in [5.74, 6) is 0.605. The third kappa shape index (κ3) is 2.43. The number of fused-ring (bicyclic) bond motifs is 2. The number of carboxylic acids is 1. The van der Waals surface area contributed by atoms with Gasteiger partial charge in [-0.15, -0.1) is 11.3 Å². The standard InChI is InChI=1S/C16H14N2O4S/c1-9-15(10-2-3-12-13(6-10)22-5-4-21-12)18-8-11(7-14(19)20)17-16(18)23-9/h2-3,6,8H,4-5,7H2,1H3,(H,19,20). The second-order valence-electron chi connectivity index (χ2n) is 5.32. The third-order valence-corrected chi connectivity index (χ3v) is 4.66. The first-order valence-corrected chi connectivity index (χ1v) is 8.02. The average molecular weight is 330 g/mol. The van der Waals surface area contributed by atoms with Gasteiger partial charge in [-0.1, -0.05) is 0 Å². The Kier molecular flexibility index (Phi) is 3.23. The topological polar surface area (TPSA) is 73.1 Å². The normalized spacial score (nSPS) is 13.4. The minimum Gasteiger partial charge on any atom is -0.486 e. The van der Waals surface area contributed by atoms with Crippen LogP contribution in [0.25, 0.3) is 16.2 Å². The van der Waals surface area contributed by atoms with Gasteiger partial charge in [-0.2, -0.15) is 0 Å². The molecular weight excluding hydrogens is 316 g/mol. The summed E-state index contributed by atoms with van der Waals surface area (Å²) in [6.07, 6.45) is 1.72. The molecule has 2 aromatic heterocycles. The first kappa shape index (κ1) is 14.1. The number of hydrogen-bond donors (Lipinski definition) is 1. The van der Waals surface area contributed by atoms with Gasteiger partial charge >= 0.3 is 5.97 Å². The van der Waals surface area contributed by atoms with Crippen LogP contribution in [0.5, 0.6) is 11.5 Å². The van der Waals surface area contributed by atoms with Crippen LogP contribution >= 0.6 is 11.3 Å². The molecule has 0 spiro atoms. The fraction of sp³-hybridized carbons (Fsp3) is 0.250. The first-order valence-electron chi connectivity index (χ1n) is 7.21. The number of thiazole rings is 1. The summed E-state index contributed by atoms with van der Waals surface area (Å²) in [6.45, 7) is 3.14. The molecule has 0 aliphatic carbocycles. The predicted molar refractivity (Wildman–Crippen MR) is 85.6 cm³/mol. The van der Waals surface area contributed by atoms with E-state index in [1.54, 1.807) is 17.5 Å². The number of aromatic nitrogens is 2. The summed E-state index contributed by atoms with van der Waals surface area (Å²) in [5.41, 5.74) is 2.56. The molecular formula is C16H14N2O4S. The second-order valence-corrected chi connectivity index (χ2v) is 6.50. The van der Waals surface area contributed by atoms with Gasteiger partial charge in [0.05, 0.1) is 17.8 Å². The highest BCUT2D eigenvalue weighted by Crippen LogP contribution is 2.37. The van der Waals surface area contributed by atoms with Crippen LogP contribution in [0, 0.1) is 6.92 Å². The quantitative estimate of drug-likeness (QED) is 0.799. The van der Waals surface area contributed by atoms with Crippen molar-refractivity contribution in [3.05, 3.63) is 35.0 Å². The van der Waals surface area contributed by atoms with Crippen molar-refractivity contribution >= 4 is 22.3 Å². The van der Waals surface area contributed by atoms with Crippen LogP contribution in [0.2, 0.25) is 0 Å². The van der Waals surface area contributed by atoms with E-state index >= 15 is 0 Å². The van der Waals surface area contributed by atoms with Crippen LogP contribution in [0.1, 0.15) is 10.6 Å². The van der Waals surface area contributed by atoms with Gasteiger partial charge in [0.1, 0.15) is 13.2 Å². The highest BCUT2D eigenvalue weighted by molar-refractivity contribution is 7.17. The van der Waals surface area contributed by atoms with Crippen LogP contribution in [-0.4, -0.2) is 33.7 Å². The zero-order chi connectivity index (χ0) is 16.0. The Morgan fingerprint density at radius 3 is 2.91 bits per heavy atom. The van der Waals surface area contributed by atoms with Crippen LogP contribution in [0.4, 0.5) is 0 Å². The van der Waals surface area contributed by atoms with Gasteiger partial charge < -0.3 is 14.6 Å². The number of carboxylic acid groups (broad SMARTS) is 1. The number of carbonyl (C=O) groups is 1. The summed E-state index contributed by atoms with van der Waals surface area (Å²) >= 11 is 1.55. The number of aliphatic carboxylic acids is 1. The monoisotopic (exact) mass is 330 g/mol. The van der Waals surface area contributed by atoms with E-state index in [1.165, 1.54) is 0 Å². The third-order valence-electron chi connectivity index (χ3n) is 3.69. The minimum atomic E-state index is -0.881. The van der Waals surface area contributed by atoms with E-state index in [1.807, 2.05) is 29.5 Å². The van der Waals surface area contributed by atoms with Crippen molar-refractivity contribution in [3.63, 3.8) is 0 Å². The number of nitrogens with zero attached hydrogens (tertiary/aromatic N) is 2. The van der Waals surface area contributed by atoms with Gasteiger partial charge in [0, 0.05) is 16.6 Å². The molecule has 0 radical (unpaired) electrons. The molecule has 23 heavy (non-hydrogen) atoms. The van der Waals surface area contributed by atoms with E-state index in [2.05, 4.69) is 4.98 Å². The van der Waals surface area contributed by atoms with Gasteiger partial charge in [-0.05, 0) is 25.1 Å². The zero-order valence-corrected chi connectivity index (χ0v) is 13.2. The lowest BCUT2D eigenvalue weighted by Crippen LogP contribution is -2.15. The van der Waals surface area contributed by atoms with Crippen molar-refractivity contribution < 1.29 is 19.4 Å². The van der Waals surface area contributed by atoms with Gasteiger partial charge in [0.15, 0.2) is 16.5 Å². The van der Waals surface area contributed by atoms with Crippen molar-refractivity contribution in [2.45, 2.75) is 13.3 Å². The van der Waals surface area contributed by atoms with Crippen LogP contribution in [-0.2, 0) is 11.2 Å². The molecule has 1 N–H and O–H groups in total. The lowest BCUT2D eigenvalue weighted by Gasteiger charge is -2.18. The van der Waals surface area contributed by atoms with E-state index in [0.717, 1.165) is 32.6 Å². The van der Waals surface area contributed by atoms with Gasteiger partial charge in [0.2, 0.25) is 0 Å². The summed E-state index contributed by atoms with van der Waals surface area (Å²) < 4.78 is 13.2. The zero-order valence-electron chi connectivity index (χ0n) is 12.4. The van der Waals surface area contributed by atoms with E-state index in [9.17, 15) is 4.79 Å². The largest absolute Gasteiger partial charge is 0.486 e. The van der Waals surface area contributed by atoms with Gasteiger partial charge in [-0.25, -0.2) is 4.98 Å². The molecule has 0 unspecified atom stereocenters. The summed E-state index contributed by atoms with van der Waals surface area (Å²) in [7, 11) is 0. The van der Waals surface area contributed by atoms with Crippen LogP contribution < -0.4 is 9.47 Å². The average Bonchev–Trinajstić information content (AvgIpc) is 3.01. The Hall–Kier alpha value is -2.54.